The molecule has 52 heavy (non-hydrogen) atoms. The van der Waals surface area contributed by atoms with E-state index < -0.39 is 34.3 Å². The number of aliphatic imine (C=N–C) groups is 1. The molecule has 14 nitrogen and oxygen atoms in total. The Balaban J connectivity index is 1.45. The fourth-order valence-corrected chi connectivity index (χ4v) is 7.14. The molecular formula is C37H46N6O8S. The van der Waals surface area contributed by atoms with Crippen LogP contribution in [0, 0.1) is 5.92 Å². The van der Waals surface area contributed by atoms with Crippen LogP contribution in [0.15, 0.2) is 88.8 Å². The number of ether oxygens (including phenoxy) is 2. The third-order valence-electron chi connectivity index (χ3n) is 8.63. The third kappa shape index (κ3) is 11.6. The molecule has 1 atom stereocenters. The van der Waals surface area contributed by atoms with Crippen molar-refractivity contribution < 1.29 is 37.1 Å². The topological polar surface area (TPSA) is 199 Å². The highest BCUT2D eigenvalue weighted by molar-refractivity contribution is 7.89. The van der Waals surface area contributed by atoms with Crippen LogP contribution in [-0.2, 0) is 35.7 Å². The van der Waals surface area contributed by atoms with E-state index in [-0.39, 0.29) is 54.8 Å². The number of anilines is 1. The van der Waals surface area contributed by atoms with Gasteiger partial charge in [0.1, 0.15) is 17.5 Å². The second kappa shape index (κ2) is 19.4. The first-order valence-electron chi connectivity index (χ1n) is 17.3. The normalized spacial score (nSPS) is 14.3. The lowest BCUT2D eigenvalue weighted by atomic mass is 9.94. The molecule has 15 heteroatoms. The first-order chi connectivity index (χ1) is 25.0. The van der Waals surface area contributed by atoms with Crippen molar-refractivity contribution in [2.45, 2.75) is 69.9 Å². The van der Waals surface area contributed by atoms with Crippen LogP contribution in [0.1, 0.15) is 57.9 Å². The molecule has 0 spiro atoms. The number of benzene rings is 3. The second-order valence-electron chi connectivity index (χ2n) is 12.2. The van der Waals surface area contributed by atoms with Crippen molar-refractivity contribution >= 4 is 45.7 Å². The van der Waals surface area contributed by atoms with Gasteiger partial charge in [0, 0.05) is 31.6 Å². The lowest BCUT2D eigenvalue weighted by Gasteiger charge is -2.34. The number of amides is 4. The molecule has 278 valence electrons. The molecule has 4 rings (SSSR count). The van der Waals surface area contributed by atoms with Crippen LogP contribution in [0.5, 0.6) is 0 Å². The van der Waals surface area contributed by atoms with Gasteiger partial charge in [-0.25, -0.2) is 18.0 Å². The van der Waals surface area contributed by atoms with Gasteiger partial charge in [-0.2, -0.15) is 4.72 Å². The van der Waals surface area contributed by atoms with Crippen LogP contribution in [0.4, 0.5) is 15.3 Å². The van der Waals surface area contributed by atoms with Crippen molar-refractivity contribution in [2.24, 2.45) is 16.6 Å². The standard InChI is InChI=1S/C37H46N6O8S/c1-3-26-20-23-43(24-21-26)34(45)30(18-12-22-39-36(46)51-35(38)41-37(47)50-25-27-13-7-5-8-14-27)42-52(48,49)31-19-11-17-29(28-15-9-6-10-16-28)33(31)40-32(44)4-2/h5-11,13-17,19,26,30,42H,3-4,12,18,20-25H2,1-2H3,(H,39,46)(H,40,44)(H2,38,41,47)/t30-/m0/s1. The summed E-state index contributed by atoms with van der Waals surface area (Å²) in [7, 11) is -4.38. The van der Waals surface area contributed by atoms with Crippen molar-refractivity contribution in [2.75, 3.05) is 25.0 Å². The number of sulfonamides is 1. The van der Waals surface area contributed by atoms with E-state index in [1.165, 1.54) is 6.07 Å². The fraction of sp³-hybridized carbons (Fsp3) is 0.378. The van der Waals surface area contributed by atoms with Crippen LogP contribution in [0.25, 0.3) is 11.1 Å². The number of hydrogen-bond donors (Lipinski definition) is 4. The molecule has 0 bridgehead atoms. The van der Waals surface area contributed by atoms with Crippen molar-refractivity contribution in [1.82, 2.24) is 14.9 Å². The maximum Gasteiger partial charge on any atom is 0.438 e. The van der Waals surface area contributed by atoms with E-state index in [9.17, 15) is 27.6 Å². The van der Waals surface area contributed by atoms with Gasteiger partial charge < -0.3 is 30.7 Å². The molecule has 0 saturated carbocycles. The number of amidine groups is 1. The zero-order valence-corrected chi connectivity index (χ0v) is 30.2. The molecule has 1 aliphatic rings. The van der Waals surface area contributed by atoms with Gasteiger partial charge in [0.15, 0.2) is 0 Å². The Morgan fingerprint density at radius 3 is 2.27 bits per heavy atom. The van der Waals surface area contributed by atoms with E-state index in [1.54, 1.807) is 48.2 Å². The predicted molar refractivity (Wildman–Crippen MR) is 196 cm³/mol. The van der Waals surface area contributed by atoms with Crippen LogP contribution < -0.4 is 21.1 Å². The average Bonchev–Trinajstić information content (AvgIpc) is 3.15. The third-order valence-corrected chi connectivity index (χ3v) is 10.1. The number of carbonyl (C=O) groups is 4. The first-order valence-corrected chi connectivity index (χ1v) is 18.8. The monoisotopic (exact) mass is 734 g/mol. The number of nitrogens with two attached hydrogens (primary N) is 1. The fourth-order valence-electron chi connectivity index (χ4n) is 5.73. The number of nitrogens with zero attached hydrogens (tertiary/aromatic N) is 2. The summed E-state index contributed by atoms with van der Waals surface area (Å²) in [6, 6.07) is 20.7. The molecule has 0 aliphatic carbocycles. The van der Waals surface area contributed by atoms with E-state index >= 15 is 0 Å². The molecule has 3 aromatic rings. The first kappa shape index (κ1) is 39.5. The van der Waals surface area contributed by atoms with E-state index in [4.69, 9.17) is 15.2 Å². The number of nitrogens with one attached hydrogen (secondary N) is 3. The van der Waals surface area contributed by atoms with Gasteiger partial charge in [-0.3, -0.25) is 9.59 Å². The van der Waals surface area contributed by atoms with E-state index in [1.807, 2.05) is 36.4 Å². The molecule has 0 aromatic heterocycles. The molecule has 1 fully saturated rings. The summed E-state index contributed by atoms with van der Waals surface area (Å²) in [5.74, 6) is -0.273. The Labute approximate surface area is 304 Å². The molecule has 1 saturated heterocycles. The lowest BCUT2D eigenvalue weighted by molar-refractivity contribution is -0.134. The lowest BCUT2D eigenvalue weighted by Crippen LogP contribution is -2.51. The van der Waals surface area contributed by atoms with Gasteiger partial charge in [0.2, 0.25) is 21.8 Å². The second-order valence-corrected chi connectivity index (χ2v) is 13.9. The van der Waals surface area contributed by atoms with Crippen molar-refractivity contribution in [3.05, 3.63) is 84.4 Å². The van der Waals surface area contributed by atoms with Gasteiger partial charge in [-0.05, 0) is 48.8 Å². The Bertz CT molecular complexity index is 1810. The van der Waals surface area contributed by atoms with Crippen molar-refractivity contribution in [3.63, 3.8) is 0 Å². The highest BCUT2D eigenvalue weighted by Gasteiger charge is 2.33. The Morgan fingerprint density at radius 1 is 0.942 bits per heavy atom. The average molecular weight is 735 g/mol. The highest BCUT2D eigenvalue weighted by atomic mass is 32.2. The minimum Gasteiger partial charge on any atom is -0.443 e. The molecule has 5 N–H and O–H groups in total. The maximum absolute atomic E-state index is 14.1. The highest BCUT2D eigenvalue weighted by Crippen LogP contribution is 2.34. The van der Waals surface area contributed by atoms with Gasteiger partial charge in [-0.15, -0.1) is 4.99 Å². The maximum atomic E-state index is 14.1. The number of alkyl carbamates (subject to hydrolysis) is 1. The molecule has 0 radical (unpaired) electrons. The minimum absolute atomic E-state index is 0.0186. The molecule has 1 aliphatic heterocycles. The van der Waals surface area contributed by atoms with Gasteiger partial charge >= 0.3 is 18.2 Å². The van der Waals surface area contributed by atoms with E-state index in [2.05, 4.69) is 27.3 Å². The van der Waals surface area contributed by atoms with E-state index in [0.29, 0.717) is 30.1 Å². The summed E-state index contributed by atoms with van der Waals surface area (Å²) in [6.45, 7) is 4.69. The number of likely N-dealkylation sites (tertiary alicyclic amines) is 1. The molecule has 1 heterocycles. The van der Waals surface area contributed by atoms with Gasteiger partial charge in [0.25, 0.3) is 0 Å². The smallest absolute Gasteiger partial charge is 0.438 e. The van der Waals surface area contributed by atoms with Crippen LogP contribution in [-0.4, -0.2) is 69.0 Å². The quantitative estimate of drug-likeness (QED) is 0.0982. The SMILES string of the molecule is CCC(=O)Nc1c(-c2ccccc2)cccc1S(=O)(=O)N[C@@H](CCCNC(=O)OC(N)=NC(=O)OCc1ccccc1)C(=O)N1CCC(CC)CC1. The zero-order valence-electron chi connectivity index (χ0n) is 29.4. The summed E-state index contributed by atoms with van der Waals surface area (Å²) in [5, 5.41) is 5.22. The summed E-state index contributed by atoms with van der Waals surface area (Å²) in [6.07, 6.45) is 0.877. The minimum atomic E-state index is -4.38. The largest absolute Gasteiger partial charge is 0.443 e. The number of rotatable bonds is 14. The molecular weight excluding hydrogens is 689 g/mol. The summed E-state index contributed by atoms with van der Waals surface area (Å²) < 4.78 is 40.6. The van der Waals surface area contributed by atoms with Crippen LogP contribution in [0.2, 0.25) is 0 Å². The van der Waals surface area contributed by atoms with Gasteiger partial charge in [0.05, 0.1) is 5.69 Å². The van der Waals surface area contributed by atoms with Crippen molar-refractivity contribution in [1.29, 1.82) is 0 Å². The Morgan fingerprint density at radius 2 is 1.62 bits per heavy atom. The predicted octanol–water partition coefficient (Wildman–Crippen LogP) is 5.16. The number of hydrogen-bond acceptors (Lipinski definition) is 8. The number of carbonyl (C=O) groups excluding carboxylic acids is 4. The molecule has 0 unspecified atom stereocenters. The van der Waals surface area contributed by atoms with Crippen LogP contribution in [0.3, 0.4) is 0 Å². The number of para-hydroxylation sites is 1. The Kier molecular flexibility index (Phi) is 14.7. The van der Waals surface area contributed by atoms with E-state index in [0.717, 1.165) is 24.8 Å². The zero-order chi connectivity index (χ0) is 37.5. The van der Waals surface area contributed by atoms with Crippen LogP contribution >= 0.6 is 0 Å². The van der Waals surface area contributed by atoms with Crippen molar-refractivity contribution in [3.8, 4) is 11.1 Å². The number of piperidine rings is 1. The molecule has 3 aromatic carbocycles. The summed E-state index contributed by atoms with van der Waals surface area (Å²) in [4.78, 5) is 55.6. The summed E-state index contributed by atoms with van der Waals surface area (Å²) in [5.41, 5.74) is 7.62. The molecule has 4 amide bonds. The van der Waals surface area contributed by atoms with Gasteiger partial charge in [-0.1, -0.05) is 93.1 Å². The Hall–Kier alpha value is -5.28. The summed E-state index contributed by atoms with van der Waals surface area (Å²) >= 11 is 0.